The van der Waals surface area contributed by atoms with Gasteiger partial charge >= 0.3 is 17.6 Å². The van der Waals surface area contributed by atoms with Crippen molar-refractivity contribution in [2.24, 2.45) is 5.11 Å². The van der Waals surface area contributed by atoms with Gasteiger partial charge in [0.05, 0.1) is 11.1 Å². The van der Waals surface area contributed by atoms with Crippen molar-refractivity contribution in [3.05, 3.63) is 111 Å². The highest BCUT2D eigenvalue weighted by Gasteiger charge is 2.60. The van der Waals surface area contributed by atoms with Crippen LogP contribution in [0.2, 0.25) is 0 Å². The molecule has 40 heavy (non-hydrogen) atoms. The van der Waals surface area contributed by atoms with Crippen LogP contribution in [0.15, 0.2) is 89.2 Å². The lowest BCUT2D eigenvalue weighted by atomic mass is 10.1. The smallest absolute Gasteiger partial charge is 0.351 e. The Labute approximate surface area is 223 Å². The maximum Gasteiger partial charge on any atom is 0.351 e. The number of rotatable bonds is 8. The van der Waals surface area contributed by atoms with Crippen LogP contribution in [0.25, 0.3) is 16.3 Å². The third-order valence-corrected chi connectivity index (χ3v) is 5.88. The summed E-state index contributed by atoms with van der Waals surface area (Å²) in [5.41, 5.74) is 6.03. The normalized spacial score (nSPS) is 21.8. The average Bonchev–Trinajstić information content (AvgIpc) is 3.61. The van der Waals surface area contributed by atoms with Crippen molar-refractivity contribution in [1.29, 1.82) is 0 Å². The van der Waals surface area contributed by atoms with E-state index in [1.54, 1.807) is 36.4 Å². The first-order valence-corrected chi connectivity index (χ1v) is 11.6. The molecule has 0 N–H and O–H groups in total. The predicted molar refractivity (Wildman–Crippen MR) is 130 cm³/mol. The molecule has 1 aliphatic rings. The summed E-state index contributed by atoms with van der Waals surface area (Å²) in [7, 11) is 0. The number of ether oxygens (including phenoxy) is 3. The van der Waals surface area contributed by atoms with Crippen molar-refractivity contribution in [2.45, 2.75) is 24.2 Å². The minimum absolute atomic E-state index is 0.0389. The zero-order valence-corrected chi connectivity index (χ0v) is 20.3. The summed E-state index contributed by atoms with van der Waals surface area (Å²) in [6, 6.07) is 16.8. The Balaban J connectivity index is 1.50. The fourth-order valence-corrected chi connectivity index (χ4v) is 3.96. The summed E-state index contributed by atoms with van der Waals surface area (Å²) in [6.45, 7) is -0.896. The quantitative estimate of drug-likeness (QED) is 0.137. The van der Waals surface area contributed by atoms with Crippen molar-refractivity contribution in [3.63, 3.8) is 0 Å². The Bertz CT molecular complexity index is 1610. The Kier molecular flexibility index (Phi) is 7.26. The number of azide groups is 1. The van der Waals surface area contributed by atoms with E-state index in [1.807, 2.05) is 0 Å². The van der Waals surface area contributed by atoms with E-state index >= 15 is 4.39 Å². The number of aromatic nitrogens is 6. The van der Waals surface area contributed by atoms with E-state index in [0.29, 0.717) is 0 Å². The van der Waals surface area contributed by atoms with Gasteiger partial charge in [-0.1, -0.05) is 41.5 Å². The monoisotopic (exact) mass is 547 g/mol. The van der Waals surface area contributed by atoms with Crippen LogP contribution < -0.4 is 5.69 Å². The zero-order chi connectivity index (χ0) is 28.1. The Hall–Kier alpha value is -5.47. The van der Waals surface area contributed by atoms with Crippen molar-refractivity contribution in [1.82, 2.24) is 29.8 Å². The lowest BCUT2D eigenvalue weighted by molar-refractivity contribution is -0.119. The number of carbonyl (C=O) groups excluding carboxylic acids is 2. The van der Waals surface area contributed by atoms with Gasteiger partial charge in [0.1, 0.15) is 12.9 Å². The molecule has 0 saturated carbocycles. The molecule has 3 heterocycles. The molecule has 15 nitrogen and oxygen atoms in total. The van der Waals surface area contributed by atoms with Gasteiger partial charge in [-0.2, -0.15) is 9.67 Å². The van der Waals surface area contributed by atoms with Gasteiger partial charge in [0.15, 0.2) is 24.3 Å². The SMILES string of the molecule is [N-]=[N+]=N[C@]1(COC(=O)c2ccccc2)O[C@@H](n2ccc(-n3cnnn3)nc2=O)[C@H](OC(=O)c2ccccc2)[C@@H]1F. The van der Waals surface area contributed by atoms with Gasteiger partial charge in [-0.3, -0.25) is 4.57 Å². The van der Waals surface area contributed by atoms with Crippen molar-refractivity contribution in [3.8, 4) is 5.82 Å². The fourth-order valence-electron chi connectivity index (χ4n) is 3.96. The van der Waals surface area contributed by atoms with E-state index in [-0.39, 0.29) is 16.9 Å². The highest BCUT2D eigenvalue weighted by Crippen LogP contribution is 2.42. The van der Waals surface area contributed by atoms with Gasteiger partial charge in [-0.25, -0.2) is 18.8 Å². The standard InChI is InChI=1S/C24H18FN9O6/c25-19-18(39-22(36)16-9-5-2-6-10-16)20(33-12-11-17(28-23(33)37)34-14-27-31-32-34)40-24(19,29-30-26)13-38-21(35)15-7-3-1-4-8-15/h1-12,14,18-20H,13H2/t18-,19+,20-,24-/m1/s1. The third-order valence-electron chi connectivity index (χ3n) is 5.88. The van der Waals surface area contributed by atoms with E-state index in [9.17, 15) is 19.9 Å². The molecule has 1 aliphatic heterocycles. The molecular weight excluding hydrogens is 529 g/mol. The molecule has 0 spiro atoms. The molecule has 1 saturated heterocycles. The van der Waals surface area contributed by atoms with Crippen LogP contribution >= 0.6 is 0 Å². The summed E-state index contributed by atoms with van der Waals surface area (Å²) in [5, 5.41) is 14.0. The average molecular weight is 547 g/mol. The van der Waals surface area contributed by atoms with E-state index in [1.165, 1.54) is 42.9 Å². The van der Waals surface area contributed by atoms with Gasteiger partial charge in [-0.05, 0) is 46.3 Å². The molecule has 0 radical (unpaired) electrons. The molecule has 0 bridgehead atoms. The molecule has 0 unspecified atom stereocenters. The highest BCUT2D eigenvalue weighted by molar-refractivity contribution is 5.90. The minimum Gasteiger partial charge on any atom is -0.459 e. The van der Waals surface area contributed by atoms with Crippen molar-refractivity contribution < 1.29 is 28.2 Å². The molecule has 0 aliphatic carbocycles. The molecule has 2 aromatic carbocycles. The van der Waals surface area contributed by atoms with Crippen LogP contribution in [0.3, 0.4) is 0 Å². The third kappa shape index (κ3) is 5.11. The molecule has 202 valence electrons. The number of carbonyl (C=O) groups is 2. The van der Waals surface area contributed by atoms with Gasteiger partial charge in [-0.15, -0.1) is 5.10 Å². The molecule has 5 rings (SSSR count). The zero-order valence-electron chi connectivity index (χ0n) is 20.3. The van der Waals surface area contributed by atoms with Crippen LogP contribution in [0, 0.1) is 0 Å². The topological polar surface area (TPSA) is 189 Å². The molecule has 0 amide bonds. The molecule has 2 aromatic heterocycles. The largest absolute Gasteiger partial charge is 0.459 e. The van der Waals surface area contributed by atoms with E-state index in [2.05, 4.69) is 30.5 Å². The van der Waals surface area contributed by atoms with Gasteiger partial charge in [0.25, 0.3) is 0 Å². The summed E-state index contributed by atoms with van der Waals surface area (Å²) < 4.78 is 34.5. The predicted octanol–water partition coefficient (Wildman–Crippen LogP) is 2.18. The Morgan fingerprint density at radius 3 is 2.35 bits per heavy atom. The summed E-state index contributed by atoms with van der Waals surface area (Å²) in [6.07, 6.45) is -3.49. The van der Waals surface area contributed by atoms with Gasteiger partial charge in [0.2, 0.25) is 5.72 Å². The van der Waals surface area contributed by atoms with Crippen LogP contribution in [0.4, 0.5) is 4.39 Å². The second kappa shape index (κ2) is 11.1. The number of esters is 2. The second-order valence-electron chi connectivity index (χ2n) is 8.35. The Morgan fingerprint density at radius 2 is 1.75 bits per heavy atom. The highest BCUT2D eigenvalue weighted by atomic mass is 19.1. The lowest BCUT2D eigenvalue weighted by Crippen LogP contribution is -2.44. The van der Waals surface area contributed by atoms with E-state index in [4.69, 9.17) is 14.2 Å². The van der Waals surface area contributed by atoms with E-state index < -0.39 is 48.5 Å². The fraction of sp³-hybridized carbons (Fsp3) is 0.208. The second-order valence-corrected chi connectivity index (χ2v) is 8.35. The first-order chi connectivity index (χ1) is 19.4. The molecule has 1 fully saturated rings. The number of alkyl halides is 1. The van der Waals surface area contributed by atoms with Crippen LogP contribution in [-0.2, 0) is 14.2 Å². The number of hydrogen-bond acceptors (Lipinski definition) is 11. The van der Waals surface area contributed by atoms with Crippen LogP contribution in [0.5, 0.6) is 0 Å². The first-order valence-electron chi connectivity index (χ1n) is 11.6. The molecule has 16 heteroatoms. The van der Waals surface area contributed by atoms with Crippen molar-refractivity contribution >= 4 is 11.9 Å². The minimum atomic E-state index is -2.50. The number of tetrazole rings is 1. The molecule has 4 aromatic rings. The van der Waals surface area contributed by atoms with E-state index in [0.717, 1.165) is 9.25 Å². The molecule has 4 atom stereocenters. The summed E-state index contributed by atoms with van der Waals surface area (Å²) in [5.74, 6) is -1.75. The summed E-state index contributed by atoms with van der Waals surface area (Å²) >= 11 is 0. The maximum absolute atomic E-state index is 16.2. The number of benzene rings is 2. The number of nitrogens with zero attached hydrogens (tertiary/aromatic N) is 9. The lowest BCUT2D eigenvalue weighted by Gasteiger charge is -2.25. The number of hydrogen-bond donors (Lipinski definition) is 0. The molecular formula is C24H18FN9O6. The maximum atomic E-state index is 16.2. The first kappa shape index (κ1) is 26.1. The van der Waals surface area contributed by atoms with Gasteiger partial charge < -0.3 is 14.2 Å². The van der Waals surface area contributed by atoms with Crippen LogP contribution in [-0.4, -0.2) is 66.3 Å². The summed E-state index contributed by atoms with van der Waals surface area (Å²) in [4.78, 5) is 44.9. The van der Waals surface area contributed by atoms with Crippen molar-refractivity contribution in [2.75, 3.05) is 6.61 Å². The number of halogens is 1. The van der Waals surface area contributed by atoms with Crippen LogP contribution in [0.1, 0.15) is 26.9 Å². The van der Waals surface area contributed by atoms with Gasteiger partial charge in [0, 0.05) is 11.1 Å². The Morgan fingerprint density at radius 1 is 1.07 bits per heavy atom.